The van der Waals surface area contributed by atoms with E-state index in [2.05, 4.69) is 20.8 Å². The molecule has 3 N–H and O–H groups in total. The Labute approximate surface area is 204 Å². The number of carboxylic acid groups (broad SMARTS) is 2. The zero-order valence-corrected chi connectivity index (χ0v) is 21.6. The fourth-order valence-electron chi connectivity index (χ4n) is 4.67. The van der Waals surface area contributed by atoms with Crippen molar-refractivity contribution in [3.63, 3.8) is 0 Å². The fourth-order valence-corrected chi connectivity index (χ4v) is 4.67. The van der Waals surface area contributed by atoms with Crippen molar-refractivity contribution in [2.45, 2.75) is 123 Å². The molecule has 0 aromatic carbocycles. The molecular weight excluding hydrogens is 440 g/mol. The van der Waals surface area contributed by atoms with Crippen molar-refractivity contribution >= 4 is 23.7 Å². The normalized spacial score (nSPS) is 14.3. The van der Waals surface area contributed by atoms with E-state index in [1.807, 2.05) is 0 Å². The van der Waals surface area contributed by atoms with Gasteiger partial charge in [-0.05, 0) is 44.4 Å². The predicted molar refractivity (Wildman–Crippen MR) is 129 cm³/mol. The van der Waals surface area contributed by atoms with Crippen molar-refractivity contribution in [1.29, 1.82) is 0 Å². The van der Waals surface area contributed by atoms with Gasteiger partial charge < -0.3 is 20.1 Å². The van der Waals surface area contributed by atoms with Gasteiger partial charge in [0.25, 0.3) is 0 Å². The number of ether oxygens (including phenoxy) is 1. The highest BCUT2D eigenvalue weighted by Crippen LogP contribution is 2.41. The maximum atomic E-state index is 12.4. The van der Waals surface area contributed by atoms with Crippen LogP contribution in [0, 0.1) is 11.3 Å². The second kappa shape index (κ2) is 16.6. The number of unbranched alkanes of at least 4 members (excludes halogenated alkanes) is 5. The number of carbonyl (C=O) groups is 4. The van der Waals surface area contributed by atoms with Gasteiger partial charge >= 0.3 is 17.9 Å². The lowest BCUT2D eigenvalue weighted by Crippen LogP contribution is -2.54. The van der Waals surface area contributed by atoms with Gasteiger partial charge in [-0.25, -0.2) is 4.79 Å². The highest BCUT2D eigenvalue weighted by Gasteiger charge is 2.53. The van der Waals surface area contributed by atoms with Crippen LogP contribution in [0.1, 0.15) is 118 Å². The Balaban J connectivity index is 4.92. The van der Waals surface area contributed by atoms with Gasteiger partial charge in [-0.1, -0.05) is 72.1 Å². The molecule has 2 unspecified atom stereocenters. The van der Waals surface area contributed by atoms with E-state index >= 15 is 0 Å². The van der Waals surface area contributed by atoms with Crippen molar-refractivity contribution in [2.75, 3.05) is 6.61 Å². The number of carboxylic acids is 2. The van der Waals surface area contributed by atoms with Gasteiger partial charge in [-0.3, -0.25) is 14.4 Å². The Morgan fingerprint density at radius 1 is 0.765 bits per heavy atom. The summed E-state index contributed by atoms with van der Waals surface area (Å²) in [5.74, 6) is -7.84. The minimum absolute atomic E-state index is 0.0166. The lowest BCUT2D eigenvalue weighted by atomic mass is 9.71. The van der Waals surface area contributed by atoms with E-state index in [1.165, 1.54) is 57.8 Å². The number of esters is 1. The van der Waals surface area contributed by atoms with E-state index in [0.717, 1.165) is 26.2 Å². The molecule has 0 fully saturated rings. The van der Waals surface area contributed by atoms with Gasteiger partial charge in [0.05, 0.1) is 13.0 Å². The SMILES string of the molecule is CCCCC(CCCC)(CCCC)CCCCCOC(=O)C(C(C)=O)C(O)(CC(=O)O)C(=O)O. The molecule has 0 aliphatic heterocycles. The number of aliphatic carboxylic acids is 2. The van der Waals surface area contributed by atoms with Gasteiger partial charge in [-0.2, -0.15) is 0 Å². The molecule has 0 aromatic heterocycles. The molecule has 34 heavy (non-hydrogen) atoms. The number of hydrogen-bond acceptors (Lipinski definition) is 6. The molecule has 0 aliphatic carbocycles. The van der Waals surface area contributed by atoms with Crippen LogP contribution in [0.3, 0.4) is 0 Å². The molecule has 2 atom stereocenters. The van der Waals surface area contributed by atoms with Crippen LogP contribution in [-0.2, 0) is 23.9 Å². The summed E-state index contributed by atoms with van der Waals surface area (Å²) in [7, 11) is 0. The average Bonchev–Trinajstić information content (AvgIpc) is 2.75. The number of aliphatic hydroxyl groups is 1. The smallest absolute Gasteiger partial charge is 0.337 e. The molecule has 198 valence electrons. The predicted octanol–water partition coefficient (Wildman–Crippen LogP) is 5.14. The van der Waals surface area contributed by atoms with Crippen molar-refractivity contribution in [3.8, 4) is 0 Å². The minimum atomic E-state index is -3.05. The summed E-state index contributed by atoms with van der Waals surface area (Å²) in [6.07, 6.45) is 13.1. The summed E-state index contributed by atoms with van der Waals surface area (Å²) in [5.41, 5.74) is -2.70. The molecule has 0 aromatic rings. The van der Waals surface area contributed by atoms with Gasteiger partial charge in [0, 0.05) is 0 Å². The summed E-state index contributed by atoms with van der Waals surface area (Å²) < 4.78 is 5.09. The molecule has 0 saturated heterocycles. The largest absolute Gasteiger partial charge is 0.481 e. The second-order valence-electron chi connectivity index (χ2n) is 9.63. The lowest BCUT2D eigenvalue weighted by Gasteiger charge is -2.35. The zero-order valence-electron chi connectivity index (χ0n) is 21.6. The summed E-state index contributed by atoms with van der Waals surface area (Å²) >= 11 is 0. The Kier molecular flexibility index (Phi) is 15.7. The fraction of sp³-hybridized carbons (Fsp3) is 0.846. The Morgan fingerprint density at radius 2 is 1.24 bits per heavy atom. The van der Waals surface area contributed by atoms with Crippen LogP contribution in [0.5, 0.6) is 0 Å². The molecule has 0 amide bonds. The second-order valence-corrected chi connectivity index (χ2v) is 9.63. The molecular formula is C26H46O8. The molecule has 8 heteroatoms. The monoisotopic (exact) mass is 486 g/mol. The van der Waals surface area contributed by atoms with Crippen LogP contribution in [0.25, 0.3) is 0 Å². The lowest BCUT2D eigenvalue weighted by molar-refractivity contribution is -0.182. The number of carbonyl (C=O) groups excluding carboxylic acids is 2. The zero-order chi connectivity index (χ0) is 26.2. The number of rotatable bonds is 21. The Bertz CT molecular complexity index is 623. The summed E-state index contributed by atoms with van der Waals surface area (Å²) in [6, 6.07) is 0. The van der Waals surface area contributed by atoms with E-state index in [4.69, 9.17) is 9.84 Å². The van der Waals surface area contributed by atoms with Crippen molar-refractivity contribution in [3.05, 3.63) is 0 Å². The first kappa shape index (κ1) is 32.0. The molecule has 0 aliphatic rings. The van der Waals surface area contributed by atoms with Crippen LogP contribution in [0.4, 0.5) is 0 Å². The van der Waals surface area contributed by atoms with E-state index in [1.54, 1.807) is 0 Å². The first-order chi connectivity index (χ1) is 16.0. The highest BCUT2D eigenvalue weighted by atomic mass is 16.5. The van der Waals surface area contributed by atoms with Crippen LogP contribution < -0.4 is 0 Å². The third-order valence-corrected chi connectivity index (χ3v) is 6.69. The summed E-state index contributed by atoms with van der Waals surface area (Å²) in [5, 5.41) is 28.5. The Hall–Kier alpha value is -1.96. The maximum absolute atomic E-state index is 12.4. The molecule has 0 saturated carbocycles. The number of Topliss-reactive ketones (excluding diaryl/α,β-unsaturated/α-hetero) is 1. The maximum Gasteiger partial charge on any atom is 0.337 e. The molecule has 0 bridgehead atoms. The number of ketones is 1. The van der Waals surface area contributed by atoms with E-state index in [0.29, 0.717) is 11.8 Å². The third kappa shape index (κ3) is 11.0. The molecule has 0 heterocycles. The molecule has 0 spiro atoms. The van der Waals surface area contributed by atoms with Crippen LogP contribution in [-0.4, -0.2) is 51.2 Å². The van der Waals surface area contributed by atoms with Crippen LogP contribution >= 0.6 is 0 Å². The van der Waals surface area contributed by atoms with E-state index in [9.17, 15) is 29.4 Å². The van der Waals surface area contributed by atoms with Crippen LogP contribution in [0.15, 0.2) is 0 Å². The van der Waals surface area contributed by atoms with Crippen molar-refractivity contribution in [1.82, 2.24) is 0 Å². The van der Waals surface area contributed by atoms with Gasteiger partial charge in [0.2, 0.25) is 0 Å². The number of hydrogen-bond donors (Lipinski definition) is 3. The van der Waals surface area contributed by atoms with Gasteiger partial charge in [0.1, 0.15) is 5.78 Å². The van der Waals surface area contributed by atoms with Crippen molar-refractivity contribution < 1.29 is 39.2 Å². The first-order valence-electron chi connectivity index (χ1n) is 12.8. The topological polar surface area (TPSA) is 138 Å². The molecule has 8 nitrogen and oxygen atoms in total. The van der Waals surface area contributed by atoms with Gasteiger partial charge in [-0.15, -0.1) is 0 Å². The summed E-state index contributed by atoms with van der Waals surface area (Å²) in [6.45, 7) is 7.57. The van der Waals surface area contributed by atoms with E-state index in [-0.39, 0.29) is 6.61 Å². The van der Waals surface area contributed by atoms with Gasteiger partial charge in [0.15, 0.2) is 11.5 Å². The van der Waals surface area contributed by atoms with Crippen molar-refractivity contribution in [2.24, 2.45) is 11.3 Å². The quantitative estimate of drug-likeness (QED) is 0.115. The minimum Gasteiger partial charge on any atom is -0.481 e. The first-order valence-corrected chi connectivity index (χ1v) is 12.8. The standard InChI is InChI=1S/C26H46O8/c1-5-8-14-25(15-9-6-2,16-10-7-3)17-12-11-13-18-34-23(30)22(20(4)27)26(33,24(31)32)19-21(28)29/h22,33H,5-19H2,1-4H3,(H,28,29)(H,31,32). The Morgan fingerprint density at radius 3 is 1.62 bits per heavy atom. The summed E-state index contributed by atoms with van der Waals surface area (Å²) in [4.78, 5) is 46.8. The highest BCUT2D eigenvalue weighted by molar-refractivity contribution is 6.05. The van der Waals surface area contributed by atoms with E-state index < -0.39 is 41.6 Å². The molecule has 0 radical (unpaired) electrons. The molecule has 0 rings (SSSR count). The van der Waals surface area contributed by atoms with Crippen LogP contribution in [0.2, 0.25) is 0 Å². The average molecular weight is 487 g/mol. The third-order valence-electron chi connectivity index (χ3n) is 6.69.